The smallest absolute Gasteiger partial charge is 0.251 e. The summed E-state index contributed by atoms with van der Waals surface area (Å²) in [5.74, 6) is 0.655. The molecule has 0 fully saturated rings. The number of rotatable bonds is 7. The van der Waals surface area contributed by atoms with Gasteiger partial charge in [0.15, 0.2) is 0 Å². The summed E-state index contributed by atoms with van der Waals surface area (Å²) >= 11 is 0. The molecule has 4 nitrogen and oxygen atoms in total. The van der Waals surface area contributed by atoms with Crippen LogP contribution in [0.3, 0.4) is 0 Å². The predicted octanol–water partition coefficient (Wildman–Crippen LogP) is 2.20. The summed E-state index contributed by atoms with van der Waals surface area (Å²) in [4.78, 5) is 11.9. The van der Waals surface area contributed by atoms with Crippen LogP contribution in [0.1, 0.15) is 38.1 Å². The van der Waals surface area contributed by atoms with Gasteiger partial charge in [-0.15, -0.1) is 0 Å². The van der Waals surface area contributed by atoms with Gasteiger partial charge in [0.25, 0.3) is 5.91 Å². The van der Waals surface area contributed by atoms with E-state index < -0.39 is 0 Å². The lowest BCUT2D eigenvalue weighted by atomic mass is 10.2. The molecule has 0 aliphatic heterocycles. The highest BCUT2D eigenvalue weighted by atomic mass is 16.5. The first-order valence-corrected chi connectivity index (χ1v) is 6.77. The molecule has 1 aromatic rings. The zero-order valence-electron chi connectivity index (χ0n) is 12.2. The Kier molecular flexibility index (Phi) is 6.36. The Morgan fingerprint density at radius 1 is 1.21 bits per heavy atom. The molecular weight excluding hydrogens is 240 g/mol. The molecule has 0 aromatic heterocycles. The maximum Gasteiger partial charge on any atom is 0.251 e. The van der Waals surface area contributed by atoms with Gasteiger partial charge in [0.05, 0.1) is 6.10 Å². The molecule has 0 radical (unpaired) electrons. The number of carbonyl (C=O) groups is 1. The molecule has 0 spiro atoms. The fourth-order valence-corrected chi connectivity index (χ4v) is 1.62. The molecule has 0 atom stereocenters. The summed E-state index contributed by atoms with van der Waals surface area (Å²) in [7, 11) is 0. The van der Waals surface area contributed by atoms with E-state index in [1.165, 1.54) is 0 Å². The summed E-state index contributed by atoms with van der Waals surface area (Å²) in [6, 6.07) is 7.68. The molecule has 0 saturated carbocycles. The second-order valence-corrected chi connectivity index (χ2v) is 5.06. The number of carbonyl (C=O) groups excluding carboxylic acids is 1. The largest absolute Gasteiger partial charge is 0.491 e. The number of hydrogen-bond acceptors (Lipinski definition) is 3. The van der Waals surface area contributed by atoms with Crippen molar-refractivity contribution in [2.45, 2.75) is 39.8 Å². The second kappa shape index (κ2) is 7.79. The minimum atomic E-state index is -0.0697. The number of nitrogens with one attached hydrogen (secondary N) is 2. The topological polar surface area (TPSA) is 50.4 Å². The van der Waals surface area contributed by atoms with Crippen molar-refractivity contribution in [2.24, 2.45) is 0 Å². The van der Waals surface area contributed by atoms with Gasteiger partial charge >= 0.3 is 0 Å². The van der Waals surface area contributed by atoms with Crippen LogP contribution >= 0.6 is 0 Å². The molecule has 0 aliphatic carbocycles. The summed E-state index contributed by atoms with van der Waals surface area (Å²) in [5.41, 5.74) is 0.627. The number of hydrogen-bond donors (Lipinski definition) is 2. The van der Waals surface area contributed by atoms with E-state index in [2.05, 4.69) is 24.5 Å². The Labute approximate surface area is 115 Å². The molecule has 1 aromatic carbocycles. The van der Waals surface area contributed by atoms with Crippen molar-refractivity contribution in [3.63, 3.8) is 0 Å². The highest BCUT2D eigenvalue weighted by molar-refractivity contribution is 5.94. The van der Waals surface area contributed by atoms with Gasteiger partial charge in [-0.25, -0.2) is 0 Å². The van der Waals surface area contributed by atoms with E-state index in [1.54, 1.807) is 12.1 Å². The van der Waals surface area contributed by atoms with Gasteiger partial charge in [-0.1, -0.05) is 19.9 Å². The quantitative estimate of drug-likeness (QED) is 0.742. The van der Waals surface area contributed by atoms with Crippen LogP contribution in [0.2, 0.25) is 0 Å². The van der Waals surface area contributed by atoms with Gasteiger partial charge in [0, 0.05) is 24.7 Å². The maximum absolute atomic E-state index is 11.9. The average Bonchev–Trinajstić information content (AvgIpc) is 2.33. The fraction of sp³-hybridized carbons (Fsp3) is 0.533. The first-order chi connectivity index (χ1) is 8.99. The fourth-order valence-electron chi connectivity index (χ4n) is 1.62. The van der Waals surface area contributed by atoms with Gasteiger partial charge < -0.3 is 15.4 Å². The van der Waals surface area contributed by atoms with Crippen molar-refractivity contribution in [3.8, 4) is 5.75 Å². The molecule has 19 heavy (non-hydrogen) atoms. The molecule has 0 heterocycles. The Balaban J connectivity index is 2.47. The Morgan fingerprint density at radius 3 is 2.58 bits per heavy atom. The first-order valence-electron chi connectivity index (χ1n) is 6.77. The van der Waals surface area contributed by atoms with Crippen molar-refractivity contribution in [1.82, 2.24) is 10.6 Å². The van der Waals surface area contributed by atoms with E-state index in [1.807, 2.05) is 26.0 Å². The van der Waals surface area contributed by atoms with Crippen molar-refractivity contribution in [3.05, 3.63) is 29.8 Å². The Bertz CT molecular complexity index is 403. The lowest BCUT2D eigenvalue weighted by Crippen LogP contribution is -2.34. The molecule has 4 heteroatoms. The van der Waals surface area contributed by atoms with Crippen LogP contribution in [0.4, 0.5) is 0 Å². The van der Waals surface area contributed by atoms with E-state index in [0.29, 0.717) is 18.2 Å². The van der Waals surface area contributed by atoms with Crippen LogP contribution in [-0.2, 0) is 0 Å². The molecule has 0 unspecified atom stereocenters. The molecule has 0 saturated heterocycles. The third-order valence-corrected chi connectivity index (χ3v) is 2.43. The lowest BCUT2D eigenvalue weighted by Gasteiger charge is -2.11. The minimum absolute atomic E-state index is 0.0697. The van der Waals surface area contributed by atoms with E-state index in [0.717, 1.165) is 12.3 Å². The SMILES string of the molecule is CC(C)NCCNC(=O)c1cccc(OC(C)C)c1. The zero-order chi connectivity index (χ0) is 14.3. The van der Waals surface area contributed by atoms with Gasteiger partial charge in [-0.3, -0.25) is 4.79 Å². The molecular formula is C15H24N2O2. The van der Waals surface area contributed by atoms with E-state index in [-0.39, 0.29) is 12.0 Å². The van der Waals surface area contributed by atoms with E-state index in [9.17, 15) is 4.79 Å². The molecule has 0 aliphatic rings. The Morgan fingerprint density at radius 2 is 1.95 bits per heavy atom. The number of amides is 1. The highest BCUT2D eigenvalue weighted by Gasteiger charge is 2.06. The summed E-state index contributed by atoms with van der Waals surface area (Å²) in [5, 5.41) is 6.13. The van der Waals surface area contributed by atoms with Crippen LogP contribution in [0.5, 0.6) is 5.75 Å². The number of ether oxygens (including phenoxy) is 1. The standard InChI is InChI=1S/C15H24N2O2/c1-11(2)16-8-9-17-15(18)13-6-5-7-14(10-13)19-12(3)4/h5-7,10-12,16H,8-9H2,1-4H3,(H,17,18). The van der Waals surface area contributed by atoms with Gasteiger partial charge in [0.2, 0.25) is 0 Å². The molecule has 0 bridgehead atoms. The highest BCUT2D eigenvalue weighted by Crippen LogP contribution is 2.14. The molecule has 1 rings (SSSR count). The molecule has 2 N–H and O–H groups in total. The van der Waals surface area contributed by atoms with Crippen LogP contribution in [0, 0.1) is 0 Å². The van der Waals surface area contributed by atoms with Crippen LogP contribution in [0.15, 0.2) is 24.3 Å². The first kappa shape index (κ1) is 15.5. The van der Waals surface area contributed by atoms with Crippen molar-refractivity contribution >= 4 is 5.91 Å². The number of benzene rings is 1. The van der Waals surface area contributed by atoms with Crippen molar-refractivity contribution in [1.29, 1.82) is 0 Å². The zero-order valence-corrected chi connectivity index (χ0v) is 12.2. The Hall–Kier alpha value is -1.55. The van der Waals surface area contributed by atoms with Gasteiger partial charge in [-0.05, 0) is 32.0 Å². The third kappa shape index (κ3) is 6.25. The third-order valence-electron chi connectivity index (χ3n) is 2.43. The average molecular weight is 264 g/mol. The normalized spacial score (nSPS) is 10.8. The van der Waals surface area contributed by atoms with Crippen molar-refractivity contribution < 1.29 is 9.53 Å². The lowest BCUT2D eigenvalue weighted by molar-refractivity contribution is 0.0953. The minimum Gasteiger partial charge on any atom is -0.491 e. The monoisotopic (exact) mass is 264 g/mol. The van der Waals surface area contributed by atoms with Crippen LogP contribution < -0.4 is 15.4 Å². The van der Waals surface area contributed by atoms with E-state index >= 15 is 0 Å². The van der Waals surface area contributed by atoms with Crippen LogP contribution in [-0.4, -0.2) is 31.1 Å². The van der Waals surface area contributed by atoms with Crippen molar-refractivity contribution in [2.75, 3.05) is 13.1 Å². The van der Waals surface area contributed by atoms with Gasteiger partial charge in [-0.2, -0.15) is 0 Å². The summed E-state index contributed by atoms with van der Waals surface area (Å²) in [6.45, 7) is 9.47. The summed E-state index contributed by atoms with van der Waals surface area (Å²) < 4.78 is 5.57. The molecule has 106 valence electrons. The van der Waals surface area contributed by atoms with E-state index in [4.69, 9.17) is 4.74 Å². The van der Waals surface area contributed by atoms with Crippen LogP contribution in [0.25, 0.3) is 0 Å². The predicted molar refractivity (Wildman–Crippen MR) is 77.7 cm³/mol. The summed E-state index contributed by atoms with van der Waals surface area (Å²) in [6.07, 6.45) is 0.105. The molecule has 1 amide bonds. The second-order valence-electron chi connectivity index (χ2n) is 5.06. The van der Waals surface area contributed by atoms with Gasteiger partial charge in [0.1, 0.15) is 5.75 Å². The maximum atomic E-state index is 11.9.